The number of rotatable bonds is 2. The normalized spacial score (nSPS) is 11.5. The van der Waals surface area contributed by atoms with Gasteiger partial charge in [-0.3, -0.25) is 0 Å². The van der Waals surface area contributed by atoms with Gasteiger partial charge in [0.15, 0.2) is 0 Å². The van der Waals surface area contributed by atoms with E-state index in [1.165, 1.54) is 5.56 Å². The van der Waals surface area contributed by atoms with Gasteiger partial charge in [-0.15, -0.1) is 0 Å². The first-order valence-corrected chi connectivity index (χ1v) is 5.74. The first-order chi connectivity index (χ1) is 5.88. The highest BCUT2D eigenvalue weighted by molar-refractivity contribution is 7.56. The summed E-state index contributed by atoms with van der Waals surface area (Å²) in [6.07, 6.45) is 0. The molecular formula is C9H15OP3. The van der Waals surface area contributed by atoms with E-state index in [0.29, 0.717) is 0 Å². The second-order valence-corrected chi connectivity index (χ2v) is 7.93. The van der Waals surface area contributed by atoms with E-state index in [1.807, 2.05) is 19.1 Å². The van der Waals surface area contributed by atoms with Crippen molar-refractivity contribution in [3.05, 3.63) is 29.3 Å². The quantitative estimate of drug-likeness (QED) is 0.712. The summed E-state index contributed by atoms with van der Waals surface area (Å²) in [5.41, 5.74) is 2.42. The van der Waals surface area contributed by atoms with Crippen molar-refractivity contribution >= 4 is 27.7 Å². The average molecular weight is 232 g/mol. The van der Waals surface area contributed by atoms with Crippen LogP contribution >= 0.6 is 27.7 Å². The lowest BCUT2D eigenvalue weighted by molar-refractivity contribution is 0.335. The van der Waals surface area contributed by atoms with Gasteiger partial charge in [-0.25, -0.2) is 0 Å². The molecule has 1 aromatic carbocycles. The summed E-state index contributed by atoms with van der Waals surface area (Å²) in [6, 6.07) is 6.16. The second kappa shape index (κ2) is 4.22. The second-order valence-electron chi connectivity index (χ2n) is 3.22. The standard InChI is InChI=1S/C9H15OP3/c1-6-3-4-8(7(2)5-6)10-9(11,12)13/h3-5H,11-13H2,1-2H3. The number of ether oxygens (including phenoxy) is 1. The third-order valence-corrected chi connectivity index (χ3v) is 1.97. The Morgan fingerprint density at radius 2 is 1.77 bits per heavy atom. The molecule has 0 saturated carbocycles. The fourth-order valence-corrected chi connectivity index (χ4v) is 1.49. The molecule has 0 aromatic heterocycles. The molecule has 72 valence electrons. The first kappa shape index (κ1) is 11.4. The molecule has 4 heteroatoms. The van der Waals surface area contributed by atoms with Crippen molar-refractivity contribution in [3.8, 4) is 5.75 Å². The maximum absolute atomic E-state index is 5.68. The highest BCUT2D eigenvalue weighted by atomic mass is 31.1. The van der Waals surface area contributed by atoms with Crippen LogP contribution in [0.3, 0.4) is 0 Å². The summed E-state index contributed by atoms with van der Waals surface area (Å²) < 4.78 is 5.68. The molecule has 0 saturated heterocycles. The lowest BCUT2D eigenvalue weighted by Gasteiger charge is -2.22. The third kappa shape index (κ3) is 3.90. The molecule has 0 amide bonds. The van der Waals surface area contributed by atoms with Crippen LogP contribution in [0.5, 0.6) is 5.75 Å². The molecule has 1 rings (SSSR count). The van der Waals surface area contributed by atoms with Crippen molar-refractivity contribution in [1.29, 1.82) is 0 Å². The molecule has 0 aliphatic rings. The van der Waals surface area contributed by atoms with E-state index < -0.39 is 0 Å². The minimum Gasteiger partial charge on any atom is -0.476 e. The fourth-order valence-electron chi connectivity index (χ4n) is 1.10. The summed E-state index contributed by atoms with van der Waals surface area (Å²) >= 11 is 0. The Labute approximate surface area is 86.6 Å². The predicted molar refractivity (Wildman–Crippen MR) is 68.4 cm³/mol. The van der Waals surface area contributed by atoms with Gasteiger partial charge in [0.2, 0.25) is 0 Å². The Bertz CT molecular complexity index is 304. The van der Waals surface area contributed by atoms with Crippen LogP contribution in [0.15, 0.2) is 18.2 Å². The maximum atomic E-state index is 5.68. The molecule has 0 aliphatic carbocycles. The van der Waals surface area contributed by atoms with E-state index in [0.717, 1.165) is 11.3 Å². The van der Waals surface area contributed by atoms with E-state index >= 15 is 0 Å². The van der Waals surface area contributed by atoms with Gasteiger partial charge in [-0.05, 0) is 25.5 Å². The number of benzene rings is 1. The number of aryl methyl sites for hydroxylation is 2. The van der Waals surface area contributed by atoms with Crippen molar-refractivity contribution < 1.29 is 4.74 Å². The minimum absolute atomic E-state index is 0.361. The first-order valence-electron chi connectivity index (χ1n) is 4.01. The van der Waals surface area contributed by atoms with Crippen LogP contribution in [0.4, 0.5) is 0 Å². The van der Waals surface area contributed by atoms with Gasteiger partial charge in [0, 0.05) is 0 Å². The molecule has 3 atom stereocenters. The molecule has 0 N–H and O–H groups in total. The van der Waals surface area contributed by atoms with Gasteiger partial charge in [0.05, 0.1) is 0 Å². The fraction of sp³-hybridized carbons (Fsp3) is 0.333. The lowest BCUT2D eigenvalue weighted by atomic mass is 10.1. The van der Waals surface area contributed by atoms with E-state index in [9.17, 15) is 0 Å². The summed E-state index contributed by atoms with van der Waals surface area (Å²) in [7, 11) is 7.81. The largest absolute Gasteiger partial charge is 0.476 e. The Morgan fingerprint density at radius 3 is 2.23 bits per heavy atom. The number of hydrogen-bond donors (Lipinski definition) is 0. The molecule has 1 aromatic rings. The molecule has 13 heavy (non-hydrogen) atoms. The van der Waals surface area contributed by atoms with Crippen molar-refractivity contribution in [2.75, 3.05) is 0 Å². The zero-order valence-electron chi connectivity index (χ0n) is 7.87. The Hall–Kier alpha value is 0.310. The number of hydrogen-bond acceptors (Lipinski definition) is 1. The molecule has 0 bridgehead atoms. The average Bonchev–Trinajstić information content (AvgIpc) is 1.93. The molecule has 0 fully saturated rings. The summed E-state index contributed by atoms with van der Waals surface area (Å²) in [5, 5.41) is 0. The van der Waals surface area contributed by atoms with Crippen molar-refractivity contribution in [2.45, 2.75) is 18.7 Å². The van der Waals surface area contributed by atoms with Gasteiger partial charge in [0.1, 0.15) is 10.6 Å². The van der Waals surface area contributed by atoms with Crippen molar-refractivity contribution in [1.82, 2.24) is 0 Å². The SMILES string of the molecule is Cc1ccc(OC(P)(P)P)c(C)c1. The zero-order valence-corrected chi connectivity index (χ0v) is 11.3. The van der Waals surface area contributed by atoms with E-state index in [2.05, 4.69) is 40.7 Å². The van der Waals surface area contributed by atoms with Crippen LogP contribution in [0.2, 0.25) is 0 Å². The predicted octanol–water partition coefficient (Wildman–Crippen LogP) is 2.92. The molecule has 3 unspecified atom stereocenters. The Balaban J connectivity index is 2.90. The van der Waals surface area contributed by atoms with Crippen LogP contribution < -0.4 is 4.74 Å². The lowest BCUT2D eigenvalue weighted by Crippen LogP contribution is -2.10. The molecule has 1 nitrogen and oxygen atoms in total. The Morgan fingerprint density at radius 1 is 1.15 bits per heavy atom. The van der Waals surface area contributed by atoms with Gasteiger partial charge < -0.3 is 4.74 Å². The molecule has 0 heterocycles. The van der Waals surface area contributed by atoms with Crippen molar-refractivity contribution in [2.24, 2.45) is 0 Å². The minimum atomic E-state index is -0.361. The van der Waals surface area contributed by atoms with Crippen LogP contribution in [-0.4, -0.2) is 4.82 Å². The molecule has 0 radical (unpaired) electrons. The molecule has 0 aliphatic heterocycles. The third-order valence-electron chi connectivity index (χ3n) is 1.62. The molecule has 0 spiro atoms. The Kier molecular flexibility index (Phi) is 3.70. The van der Waals surface area contributed by atoms with Gasteiger partial charge in [-0.1, -0.05) is 45.4 Å². The van der Waals surface area contributed by atoms with Crippen LogP contribution in [-0.2, 0) is 0 Å². The van der Waals surface area contributed by atoms with Gasteiger partial charge >= 0.3 is 0 Å². The summed E-state index contributed by atoms with van der Waals surface area (Å²) in [5.74, 6) is 0.922. The maximum Gasteiger partial charge on any atom is 0.145 e. The summed E-state index contributed by atoms with van der Waals surface area (Å²) in [4.78, 5) is -0.361. The van der Waals surface area contributed by atoms with Gasteiger partial charge in [-0.2, -0.15) is 0 Å². The van der Waals surface area contributed by atoms with E-state index in [1.54, 1.807) is 0 Å². The highest BCUT2D eigenvalue weighted by Crippen LogP contribution is 2.37. The highest BCUT2D eigenvalue weighted by Gasteiger charge is 2.13. The topological polar surface area (TPSA) is 9.23 Å². The van der Waals surface area contributed by atoms with Crippen LogP contribution in [0, 0.1) is 13.8 Å². The zero-order chi connectivity index (χ0) is 10.1. The monoisotopic (exact) mass is 232 g/mol. The van der Waals surface area contributed by atoms with Gasteiger partial charge in [0.25, 0.3) is 0 Å². The smallest absolute Gasteiger partial charge is 0.145 e. The molecular weight excluding hydrogens is 217 g/mol. The van der Waals surface area contributed by atoms with Crippen LogP contribution in [0.1, 0.15) is 11.1 Å². The van der Waals surface area contributed by atoms with Crippen LogP contribution in [0.25, 0.3) is 0 Å². The van der Waals surface area contributed by atoms with Crippen molar-refractivity contribution in [3.63, 3.8) is 0 Å². The summed E-state index contributed by atoms with van der Waals surface area (Å²) in [6.45, 7) is 4.13. The van der Waals surface area contributed by atoms with E-state index in [-0.39, 0.29) is 4.82 Å². The van der Waals surface area contributed by atoms with E-state index in [4.69, 9.17) is 4.74 Å².